The van der Waals surface area contributed by atoms with Crippen molar-refractivity contribution in [2.45, 2.75) is 26.9 Å². The van der Waals surface area contributed by atoms with Gasteiger partial charge in [-0.1, -0.05) is 12.1 Å². The summed E-state index contributed by atoms with van der Waals surface area (Å²) in [5.74, 6) is 0.624. The predicted octanol–water partition coefficient (Wildman–Crippen LogP) is 5.91. The maximum Gasteiger partial charge on any atom is 0.123 e. The highest BCUT2D eigenvalue weighted by Crippen LogP contribution is 2.29. The van der Waals surface area contributed by atoms with Gasteiger partial charge in [0.15, 0.2) is 0 Å². The van der Waals surface area contributed by atoms with Crippen LogP contribution in [0.3, 0.4) is 0 Å². The van der Waals surface area contributed by atoms with Crippen LogP contribution in [-0.2, 0) is 13.1 Å². The number of hydrogen-bond acceptors (Lipinski definition) is 3. The molecule has 31 heavy (non-hydrogen) atoms. The summed E-state index contributed by atoms with van der Waals surface area (Å²) in [6.07, 6.45) is 1.87. The number of hydrogen-bond donors (Lipinski definition) is 0. The number of rotatable bonds is 6. The van der Waals surface area contributed by atoms with Crippen LogP contribution >= 0.6 is 12.4 Å². The van der Waals surface area contributed by atoms with Crippen molar-refractivity contribution in [3.63, 3.8) is 0 Å². The monoisotopic (exact) mass is 439 g/mol. The van der Waals surface area contributed by atoms with Crippen molar-refractivity contribution in [3.8, 4) is 5.75 Å². The largest absolute Gasteiger partial charge is 0.497 e. The Morgan fingerprint density at radius 3 is 2.52 bits per heavy atom. The lowest BCUT2D eigenvalue weighted by molar-refractivity contribution is 0.414. The van der Waals surface area contributed by atoms with Crippen LogP contribution in [0.4, 0.5) is 10.1 Å². The van der Waals surface area contributed by atoms with Gasteiger partial charge in [0, 0.05) is 36.6 Å². The van der Waals surface area contributed by atoms with Crippen molar-refractivity contribution in [1.82, 2.24) is 9.55 Å². The van der Waals surface area contributed by atoms with Gasteiger partial charge in [-0.2, -0.15) is 0 Å². The first-order chi connectivity index (χ1) is 14.5. The van der Waals surface area contributed by atoms with E-state index in [-0.39, 0.29) is 18.2 Å². The minimum absolute atomic E-state index is 0. The molecule has 0 amide bonds. The maximum absolute atomic E-state index is 13.3. The van der Waals surface area contributed by atoms with Gasteiger partial charge < -0.3 is 14.2 Å². The van der Waals surface area contributed by atoms with E-state index in [0.29, 0.717) is 6.54 Å². The highest BCUT2D eigenvalue weighted by atomic mass is 35.5. The number of anilines is 1. The van der Waals surface area contributed by atoms with Crippen LogP contribution in [0.1, 0.15) is 22.5 Å². The number of methoxy groups -OCH3 is 1. The third-order valence-electron chi connectivity index (χ3n) is 5.75. The molecule has 0 aliphatic heterocycles. The second-order valence-corrected chi connectivity index (χ2v) is 7.63. The van der Waals surface area contributed by atoms with E-state index in [4.69, 9.17) is 9.72 Å². The third-order valence-corrected chi connectivity index (χ3v) is 5.75. The Labute approximate surface area is 188 Å². The first-order valence-corrected chi connectivity index (χ1v) is 10.0. The van der Waals surface area contributed by atoms with Gasteiger partial charge in [-0.05, 0) is 67.4 Å². The molecule has 6 heteroatoms. The van der Waals surface area contributed by atoms with E-state index < -0.39 is 0 Å². The maximum atomic E-state index is 13.3. The van der Waals surface area contributed by atoms with E-state index in [0.717, 1.165) is 29.2 Å². The van der Waals surface area contributed by atoms with Crippen LogP contribution in [0.15, 0.2) is 60.8 Å². The van der Waals surface area contributed by atoms with E-state index in [2.05, 4.69) is 41.5 Å². The van der Waals surface area contributed by atoms with Gasteiger partial charge in [-0.15, -0.1) is 12.4 Å². The van der Waals surface area contributed by atoms with E-state index in [1.807, 2.05) is 25.4 Å². The molecule has 0 radical (unpaired) electrons. The molecule has 0 aliphatic rings. The minimum atomic E-state index is -0.231. The smallest absolute Gasteiger partial charge is 0.123 e. The molecule has 0 aliphatic carbocycles. The lowest BCUT2D eigenvalue weighted by atomic mass is 10.1. The molecule has 0 atom stereocenters. The van der Waals surface area contributed by atoms with Crippen LogP contribution in [0.2, 0.25) is 0 Å². The van der Waals surface area contributed by atoms with Crippen LogP contribution in [-0.4, -0.2) is 23.7 Å². The number of benzene rings is 2. The lowest BCUT2D eigenvalue weighted by Gasteiger charge is -2.20. The Balaban J connectivity index is 0.00000272. The minimum Gasteiger partial charge on any atom is -0.497 e. The molecule has 2 aromatic carbocycles. The van der Waals surface area contributed by atoms with Crippen molar-refractivity contribution in [1.29, 1.82) is 0 Å². The van der Waals surface area contributed by atoms with Gasteiger partial charge in [0.2, 0.25) is 0 Å². The Kier molecular flexibility index (Phi) is 6.86. The highest BCUT2D eigenvalue weighted by molar-refractivity contribution is 5.87. The lowest BCUT2D eigenvalue weighted by Crippen LogP contribution is -2.18. The average Bonchev–Trinajstić information content (AvgIpc) is 3.00. The molecule has 0 N–H and O–H groups in total. The van der Waals surface area contributed by atoms with Gasteiger partial charge in [0.1, 0.15) is 11.6 Å². The summed E-state index contributed by atoms with van der Waals surface area (Å²) in [4.78, 5) is 6.81. The Morgan fingerprint density at radius 2 is 1.81 bits per heavy atom. The fourth-order valence-electron chi connectivity index (χ4n) is 3.94. The second kappa shape index (κ2) is 9.40. The standard InChI is InChI=1S/C25H26FN3O.ClH/c1-17-18(2)29(15-19-6-5-7-22(14-19)30-4)25-23(17)12-13-27-24(25)16-28(3)21-10-8-20(26)9-11-21;/h5-14H,15-16H2,1-4H3;1H. The van der Waals surface area contributed by atoms with Crippen molar-refractivity contribution in [2.75, 3.05) is 19.1 Å². The summed E-state index contributed by atoms with van der Waals surface area (Å²) in [6, 6.07) is 16.8. The Hall–Kier alpha value is -3.05. The first kappa shape index (κ1) is 22.6. The molecule has 0 saturated carbocycles. The molecule has 0 bridgehead atoms. The Bertz CT molecular complexity index is 1190. The van der Waals surface area contributed by atoms with Crippen LogP contribution < -0.4 is 9.64 Å². The average molecular weight is 440 g/mol. The van der Waals surface area contributed by atoms with Crippen molar-refractivity contribution >= 4 is 29.0 Å². The van der Waals surface area contributed by atoms with E-state index in [1.54, 1.807) is 19.2 Å². The van der Waals surface area contributed by atoms with Crippen LogP contribution in [0.5, 0.6) is 5.75 Å². The number of nitrogens with zero attached hydrogens (tertiary/aromatic N) is 3. The molecular weight excluding hydrogens is 413 g/mol. The fraction of sp³-hybridized carbons (Fsp3) is 0.240. The summed E-state index contributed by atoms with van der Waals surface area (Å²) < 4.78 is 21.0. The van der Waals surface area contributed by atoms with E-state index in [1.165, 1.54) is 34.3 Å². The SMILES string of the molecule is COc1cccc(Cn2c(C)c(C)c3ccnc(CN(C)c4ccc(F)cc4)c32)c1.Cl. The Morgan fingerprint density at radius 1 is 1.06 bits per heavy atom. The summed E-state index contributed by atoms with van der Waals surface area (Å²) in [7, 11) is 3.69. The quantitative estimate of drug-likeness (QED) is 0.374. The third kappa shape index (κ3) is 4.52. The molecule has 0 fully saturated rings. The number of aromatic nitrogens is 2. The first-order valence-electron chi connectivity index (χ1n) is 10.0. The zero-order valence-corrected chi connectivity index (χ0v) is 19.0. The molecule has 2 aromatic heterocycles. The topological polar surface area (TPSA) is 30.3 Å². The normalized spacial score (nSPS) is 10.7. The number of ether oxygens (including phenoxy) is 1. The highest BCUT2D eigenvalue weighted by Gasteiger charge is 2.17. The molecular formula is C25H27ClFN3O. The number of halogens is 2. The zero-order chi connectivity index (χ0) is 21.3. The molecule has 0 spiro atoms. The van der Waals surface area contributed by atoms with Crippen LogP contribution in [0.25, 0.3) is 10.9 Å². The second-order valence-electron chi connectivity index (χ2n) is 7.63. The van der Waals surface area contributed by atoms with Crippen molar-refractivity contribution in [2.24, 2.45) is 0 Å². The summed E-state index contributed by atoms with van der Waals surface area (Å²) >= 11 is 0. The summed E-state index contributed by atoms with van der Waals surface area (Å²) in [6.45, 7) is 5.69. The van der Waals surface area contributed by atoms with Crippen molar-refractivity contribution < 1.29 is 9.13 Å². The molecule has 4 rings (SSSR count). The number of aryl methyl sites for hydroxylation is 1. The fourth-order valence-corrected chi connectivity index (χ4v) is 3.94. The van der Waals surface area contributed by atoms with Gasteiger partial charge in [-0.3, -0.25) is 4.98 Å². The summed E-state index contributed by atoms with van der Waals surface area (Å²) in [5, 5.41) is 1.22. The predicted molar refractivity (Wildman–Crippen MR) is 127 cm³/mol. The molecule has 4 aromatic rings. The van der Waals surface area contributed by atoms with Gasteiger partial charge in [-0.25, -0.2) is 4.39 Å². The van der Waals surface area contributed by atoms with E-state index >= 15 is 0 Å². The molecule has 0 saturated heterocycles. The molecule has 0 unspecified atom stereocenters. The number of fused-ring (bicyclic) bond motifs is 1. The summed E-state index contributed by atoms with van der Waals surface area (Å²) in [5.41, 5.74) is 6.76. The zero-order valence-electron chi connectivity index (χ0n) is 18.2. The molecule has 4 nitrogen and oxygen atoms in total. The molecule has 162 valence electrons. The van der Waals surface area contributed by atoms with Gasteiger partial charge >= 0.3 is 0 Å². The van der Waals surface area contributed by atoms with Gasteiger partial charge in [0.05, 0.1) is 24.9 Å². The van der Waals surface area contributed by atoms with Crippen molar-refractivity contribution in [3.05, 3.63) is 89.1 Å². The van der Waals surface area contributed by atoms with Crippen LogP contribution in [0, 0.1) is 19.7 Å². The number of pyridine rings is 1. The molecule has 2 heterocycles. The van der Waals surface area contributed by atoms with Gasteiger partial charge in [0.25, 0.3) is 0 Å². The van der Waals surface area contributed by atoms with E-state index in [9.17, 15) is 4.39 Å².